The van der Waals surface area contributed by atoms with E-state index in [9.17, 15) is 8.42 Å². The summed E-state index contributed by atoms with van der Waals surface area (Å²) in [7, 11) is -3.51. The number of sulfonamides is 1. The molecule has 0 saturated heterocycles. The molecular formula is C25H34BrClN4O3S. The summed E-state index contributed by atoms with van der Waals surface area (Å²) in [5.74, 6) is 0.892. The molecule has 2 aromatic carbocycles. The maximum atomic E-state index is 12.9. The van der Waals surface area contributed by atoms with Gasteiger partial charge in [0.2, 0.25) is 15.9 Å². The molecule has 1 atom stereocenters. The summed E-state index contributed by atoms with van der Waals surface area (Å²) in [4.78, 5) is 6.75. The van der Waals surface area contributed by atoms with Gasteiger partial charge in [-0.05, 0) is 62.2 Å². The predicted molar refractivity (Wildman–Crippen MR) is 145 cm³/mol. The number of aryl methyl sites for hydroxylation is 1. The summed E-state index contributed by atoms with van der Waals surface area (Å²) in [5, 5.41) is 4.11. The van der Waals surface area contributed by atoms with Crippen molar-refractivity contribution >= 4 is 38.4 Å². The van der Waals surface area contributed by atoms with Crippen molar-refractivity contribution in [1.82, 2.24) is 19.8 Å². The van der Waals surface area contributed by atoms with Crippen LogP contribution in [0.15, 0.2) is 63.6 Å². The van der Waals surface area contributed by atoms with Gasteiger partial charge >= 0.3 is 0 Å². The summed E-state index contributed by atoms with van der Waals surface area (Å²) in [5.41, 5.74) is 2.18. The topological polar surface area (TPSA) is 88.3 Å². The number of hydrogen-bond acceptors (Lipinski definition) is 6. The zero-order chi connectivity index (χ0) is 24.4. The normalized spacial score (nSPS) is 12.5. The van der Waals surface area contributed by atoms with Crippen molar-refractivity contribution < 1.29 is 12.9 Å². The highest BCUT2D eigenvalue weighted by molar-refractivity contribution is 9.10. The largest absolute Gasteiger partial charge is 0.338 e. The van der Waals surface area contributed by atoms with Gasteiger partial charge in [0.15, 0.2) is 5.82 Å². The molecular weight excluding hydrogens is 552 g/mol. The highest BCUT2D eigenvalue weighted by Crippen LogP contribution is 2.21. The average molecular weight is 586 g/mol. The van der Waals surface area contributed by atoms with Gasteiger partial charge in [0, 0.05) is 10.9 Å². The molecule has 7 nitrogen and oxygen atoms in total. The molecule has 0 saturated carbocycles. The van der Waals surface area contributed by atoms with Crippen LogP contribution in [0.1, 0.15) is 55.6 Å². The van der Waals surface area contributed by atoms with Crippen LogP contribution in [0.4, 0.5) is 0 Å². The van der Waals surface area contributed by atoms with E-state index in [4.69, 9.17) is 4.52 Å². The average Bonchev–Trinajstić information content (AvgIpc) is 3.30. The zero-order valence-corrected chi connectivity index (χ0v) is 23.4. The summed E-state index contributed by atoms with van der Waals surface area (Å²) in [6.45, 7) is 6.73. The lowest BCUT2D eigenvalue weighted by Crippen LogP contribution is -2.33. The molecule has 10 heteroatoms. The Labute approximate surface area is 223 Å². The molecule has 0 fully saturated rings. The Morgan fingerprint density at radius 2 is 1.71 bits per heavy atom. The van der Waals surface area contributed by atoms with Gasteiger partial charge in [-0.15, -0.1) is 12.4 Å². The van der Waals surface area contributed by atoms with Gasteiger partial charge < -0.3 is 9.42 Å². The Kier molecular flexibility index (Phi) is 12.4. The first-order valence-electron chi connectivity index (χ1n) is 11.7. The Bertz CT molecular complexity index is 1110. The van der Waals surface area contributed by atoms with Crippen LogP contribution in [0.3, 0.4) is 0 Å². The summed E-state index contributed by atoms with van der Waals surface area (Å²) < 4.78 is 35.1. The summed E-state index contributed by atoms with van der Waals surface area (Å²) in [6, 6.07) is 17.3. The van der Waals surface area contributed by atoms with Crippen LogP contribution in [0.25, 0.3) is 0 Å². The first-order chi connectivity index (χ1) is 16.4. The molecule has 192 valence electrons. The third-order valence-electron chi connectivity index (χ3n) is 5.73. The Morgan fingerprint density at radius 1 is 1.03 bits per heavy atom. The van der Waals surface area contributed by atoms with Crippen LogP contribution in [0, 0.1) is 0 Å². The first-order valence-corrected chi connectivity index (χ1v) is 14.2. The number of nitrogens with zero attached hydrogens (tertiary/aromatic N) is 3. The fourth-order valence-corrected chi connectivity index (χ4v) is 5.29. The molecule has 1 heterocycles. The van der Waals surface area contributed by atoms with E-state index in [2.05, 4.69) is 49.5 Å². The van der Waals surface area contributed by atoms with Crippen LogP contribution in [0.2, 0.25) is 0 Å². The van der Waals surface area contributed by atoms with Gasteiger partial charge in [0.1, 0.15) is 6.04 Å². The molecule has 0 aliphatic heterocycles. The Morgan fingerprint density at radius 3 is 2.37 bits per heavy atom. The van der Waals surface area contributed by atoms with Crippen molar-refractivity contribution in [3.05, 3.63) is 81.9 Å². The fraction of sp³-hybridized carbons (Fsp3) is 0.440. The third-order valence-corrected chi connectivity index (χ3v) is 7.72. The molecule has 1 N–H and O–H groups in total. The van der Waals surface area contributed by atoms with E-state index >= 15 is 0 Å². The number of rotatable bonds is 14. The van der Waals surface area contributed by atoms with E-state index in [-0.39, 0.29) is 18.2 Å². The van der Waals surface area contributed by atoms with Gasteiger partial charge in [-0.3, -0.25) is 0 Å². The van der Waals surface area contributed by atoms with Gasteiger partial charge in [-0.1, -0.05) is 77.4 Å². The second-order valence-corrected chi connectivity index (χ2v) is 11.0. The van der Waals surface area contributed by atoms with E-state index < -0.39 is 16.1 Å². The van der Waals surface area contributed by atoms with E-state index in [1.807, 2.05) is 54.6 Å². The standard InChI is InChI=1S/C25H33BrN4O3S.ClH/c1-3-30(4-2)17-8-18-34(31,32)29-23(16-13-20-9-6-5-7-10-20)25-27-24(28-33-25)19-21-11-14-22(26)15-12-21;/h5-7,9-12,14-15,23,29H,3-4,8,13,16-19H2,1-2H3;1H/t23-;/m1./s1. The van der Waals surface area contributed by atoms with E-state index in [1.54, 1.807) is 0 Å². The first kappa shape index (κ1) is 29.5. The van der Waals surface area contributed by atoms with Crippen molar-refractivity contribution in [2.24, 2.45) is 0 Å². The van der Waals surface area contributed by atoms with E-state index in [1.165, 1.54) is 0 Å². The Hall–Kier alpha value is -1.78. The number of hydrogen-bond donors (Lipinski definition) is 1. The SMILES string of the molecule is CCN(CC)CCCS(=O)(=O)N[C@H](CCc1ccccc1)c1nc(Cc2ccc(Br)cc2)no1.Cl. The fourth-order valence-electron chi connectivity index (χ4n) is 3.75. The van der Waals surface area contributed by atoms with Crippen molar-refractivity contribution in [2.45, 2.75) is 45.6 Å². The van der Waals surface area contributed by atoms with Crippen LogP contribution >= 0.6 is 28.3 Å². The summed E-state index contributed by atoms with van der Waals surface area (Å²) >= 11 is 3.43. The van der Waals surface area contributed by atoms with Crippen LogP contribution in [-0.4, -0.2) is 48.8 Å². The van der Waals surface area contributed by atoms with Gasteiger partial charge in [0.05, 0.1) is 5.75 Å². The highest BCUT2D eigenvalue weighted by Gasteiger charge is 2.25. The number of nitrogens with one attached hydrogen (secondary N) is 1. The molecule has 0 aliphatic carbocycles. The maximum absolute atomic E-state index is 12.9. The lowest BCUT2D eigenvalue weighted by molar-refractivity contribution is 0.304. The zero-order valence-electron chi connectivity index (χ0n) is 20.2. The third kappa shape index (κ3) is 10.0. The number of halogens is 2. The molecule has 35 heavy (non-hydrogen) atoms. The van der Waals surface area contributed by atoms with Crippen LogP contribution < -0.4 is 4.72 Å². The summed E-state index contributed by atoms with van der Waals surface area (Å²) in [6.07, 6.45) is 2.30. The lowest BCUT2D eigenvalue weighted by Gasteiger charge is -2.19. The maximum Gasteiger partial charge on any atom is 0.244 e. The van der Waals surface area contributed by atoms with Crippen LogP contribution in [-0.2, 0) is 22.9 Å². The van der Waals surface area contributed by atoms with E-state index in [0.29, 0.717) is 37.4 Å². The number of aromatic nitrogens is 2. The quantitative estimate of drug-likeness (QED) is 0.281. The molecule has 0 bridgehead atoms. The lowest BCUT2D eigenvalue weighted by atomic mass is 10.1. The monoisotopic (exact) mass is 584 g/mol. The molecule has 0 radical (unpaired) electrons. The van der Waals surface area contributed by atoms with Crippen LogP contribution in [0.5, 0.6) is 0 Å². The van der Waals surface area contributed by atoms with Gasteiger partial charge in [0.25, 0.3) is 0 Å². The van der Waals surface area contributed by atoms with Crippen molar-refractivity contribution in [1.29, 1.82) is 0 Å². The van der Waals surface area contributed by atoms with Gasteiger partial charge in [-0.25, -0.2) is 13.1 Å². The highest BCUT2D eigenvalue weighted by atomic mass is 79.9. The van der Waals surface area contributed by atoms with Crippen molar-refractivity contribution in [3.63, 3.8) is 0 Å². The smallest absolute Gasteiger partial charge is 0.244 e. The van der Waals surface area contributed by atoms with Crippen molar-refractivity contribution in [3.8, 4) is 0 Å². The minimum absolute atomic E-state index is 0. The van der Waals surface area contributed by atoms with E-state index in [0.717, 1.165) is 35.2 Å². The molecule has 1 aromatic heterocycles. The van der Waals surface area contributed by atoms with Gasteiger partial charge in [-0.2, -0.15) is 4.98 Å². The van der Waals surface area contributed by atoms with Crippen molar-refractivity contribution in [2.75, 3.05) is 25.4 Å². The molecule has 3 rings (SSSR count). The minimum atomic E-state index is -3.51. The minimum Gasteiger partial charge on any atom is -0.338 e. The molecule has 0 amide bonds. The Balaban J connectivity index is 0.00000432. The molecule has 0 unspecified atom stereocenters. The number of benzene rings is 2. The predicted octanol–water partition coefficient (Wildman–Crippen LogP) is 5.17. The second kappa shape index (κ2) is 14.7. The molecule has 0 aliphatic rings. The molecule has 3 aromatic rings. The molecule has 0 spiro atoms. The second-order valence-electron chi connectivity index (χ2n) is 8.25.